The lowest BCUT2D eigenvalue weighted by Gasteiger charge is -2.34. The molecule has 2 fully saturated rings. The number of nitrogens with one attached hydrogen (secondary N) is 1. The molecule has 2 rings (SSSR count). The first kappa shape index (κ1) is 16.2. The van der Waals surface area contributed by atoms with Gasteiger partial charge in [-0.05, 0) is 26.3 Å². The Kier molecular flexibility index (Phi) is 5.96. The van der Waals surface area contributed by atoms with E-state index in [4.69, 9.17) is 10.5 Å². The van der Waals surface area contributed by atoms with Gasteiger partial charge in [-0.15, -0.1) is 0 Å². The second-order valence-corrected chi connectivity index (χ2v) is 5.89. The molecule has 2 saturated heterocycles. The smallest absolute Gasteiger partial charge is 0.240 e. The number of nitrogens with two attached hydrogens (primary N) is 1. The Bertz CT molecular complexity index is 377. The molecule has 2 heterocycles. The molecule has 120 valence electrons. The summed E-state index contributed by atoms with van der Waals surface area (Å²) in [5.41, 5.74) is 5.38. The molecular formula is C14H26N4O3. The molecule has 2 atom stereocenters. The lowest BCUT2D eigenvalue weighted by Crippen LogP contribution is -2.53. The Labute approximate surface area is 125 Å². The van der Waals surface area contributed by atoms with Crippen molar-refractivity contribution in [1.29, 1.82) is 0 Å². The lowest BCUT2D eigenvalue weighted by molar-refractivity contribution is -0.140. The maximum atomic E-state index is 12.2. The summed E-state index contributed by atoms with van der Waals surface area (Å²) in [5.74, 6) is -0.456. The van der Waals surface area contributed by atoms with Crippen LogP contribution in [0.5, 0.6) is 0 Å². The summed E-state index contributed by atoms with van der Waals surface area (Å²) in [6.45, 7) is 4.04. The standard InChI is InChI=1S/C14H26N4O3/c1-17-6-7-21-11(10-17)8-16-9-13(19)18-5-3-2-4-12(18)14(15)20/h11-12,16H,2-10H2,1H3,(H2,15,20). The summed E-state index contributed by atoms with van der Waals surface area (Å²) in [4.78, 5) is 27.5. The second kappa shape index (κ2) is 7.72. The topological polar surface area (TPSA) is 87.9 Å². The van der Waals surface area contributed by atoms with Gasteiger partial charge in [0.05, 0.1) is 19.3 Å². The molecule has 7 heteroatoms. The number of carbonyl (C=O) groups excluding carboxylic acids is 2. The quantitative estimate of drug-likeness (QED) is 0.664. The number of hydrogen-bond donors (Lipinski definition) is 2. The number of likely N-dealkylation sites (N-methyl/N-ethyl adjacent to an activating group) is 1. The number of likely N-dealkylation sites (tertiary alicyclic amines) is 1. The van der Waals surface area contributed by atoms with Crippen LogP contribution in [0.1, 0.15) is 19.3 Å². The fourth-order valence-electron chi connectivity index (χ4n) is 2.96. The zero-order chi connectivity index (χ0) is 15.2. The van der Waals surface area contributed by atoms with Crippen LogP contribution in [0.4, 0.5) is 0 Å². The molecule has 21 heavy (non-hydrogen) atoms. The molecule has 7 nitrogen and oxygen atoms in total. The van der Waals surface area contributed by atoms with E-state index in [2.05, 4.69) is 17.3 Å². The summed E-state index contributed by atoms with van der Waals surface area (Å²) < 4.78 is 5.63. The highest BCUT2D eigenvalue weighted by molar-refractivity contribution is 5.87. The Hall–Kier alpha value is -1.18. The van der Waals surface area contributed by atoms with E-state index in [-0.39, 0.29) is 18.6 Å². The summed E-state index contributed by atoms with van der Waals surface area (Å²) >= 11 is 0. The minimum Gasteiger partial charge on any atom is -0.374 e. The molecule has 3 N–H and O–H groups in total. The van der Waals surface area contributed by atoms with E-state index >= 15 is 0 Å². The van der Waals surface area contributed by atoms with E-state index in [1.807, 2.05) is 0 Å². The molecular weight excluding hydrogens is 272 g/mol. The fourth-order valence-corrected chi connectivity index (χ4v) is 2.96. The van der Waals surface area contributed by atoms with Crippen LogP contribution in [0.25, 0.3) is 0 Å². The molecule has 0 aromatic heterocycles. The van der Waals surface area contributed by atoms with E-state index in [1.54, 1.807) is 4.90 Å². The molecule has 2 unspecified atom stereocenters. The first-order valence-corrected chi connectivity index (χ1v) is 7.67. The molecule has 0 saturated carbocycles. The Morgan fingerprint density at radius 1 is 1.33 bits per heavy atom. The van der Waals surface area contributed by atoms with Crippen molar-refractivity contribution in [1.82, 2.24) is 15.1 Å². The predicted molar refractivity (Wildman–Crippen MR) is 78.7 cm³/mol. The Morgan fingerprint density at radius 3 is 2.86 bits per heavy atom. The third-order valence-electron chi connectivity index (χ3n) is 4.14. The number of nitrogens with zero attached hydrogens (tertiary/aromatic N) is 2. The van der Waals surface area contributed by atoms with Gasteiger partial charge in [-0.2, -0.15) is 0 Å². The number of carbonyl (C=O) groups is 2. The molecule has 2 aliphatic heterocycles. The van der Waals surface area contributed by atoms with Crippen LogP contribution in [-0.2, 0) is 14.3 Å². The molecule has 0 spiro atoms. The number of morpholine rings is 1. The first-order valence-electron chi connectivity index (χ1n) is 7.67. The van der Waals surface area contributed by atoms with Gasteiger partial charge in [0.25, 0.3) is 0 Å². The van der Waals surface area contributed by atoms with Crippen LogP contribution >= 0.6 is 0 Å². The van der Waals surface area contributed by atoms with Crippen LogP contribution in [-0.4, -0.2) is 80.1 Å². The molecule has 0 aliphatic carbocycles. The van der Waals surface area contributed by atoms with Crippen molar-refractivity contribution in [2.45, 2.75) is 31.4 Å². The van der Waals surface area contributed by atoms with Crippen LogP contribution in [0.2, 0.25) is 0 Å². The van der Waals surface area contributed by atoms with Crippen molar-refractivity contribution in [2.75, 3.05) is 46.4 Å². The van der Waals surface area contributed by atoms with Crippen LogP contribution < -0.4 is 11.1 Å². The fraction of sp³-hybridized carbons (Fsp3) is 0.857. The van der Waals surface area contributed by atoms with Gasteiger partial charge < -0.3 is 25.6 Å². The highest BCUT2D eigenvalue weighted by Crippen LogP contribution is 2.16. The zero-order valence-corrected chi connectivity index (χ0v) is 12.7. The van der Waals surface area contributed by atoms with E-state index < -0.39 is 11.9 Å². The van der Waals surface area contributed by atoms with Crippen LogP contribution in [0, 0.1) is 0 Å². The SMILES string of the molecule is CN1CCOC(CNCC(=O)N2CCCCC2C(N)=O)C1. The van der Waals surface area contributed by atoms with Crippen LogP contribution in [0.15, 0.2) is 0 Å². The highest BCUT2D eigenvalue weighted by Gasteiger charge is 2.30. The van der Waals surface area contributed by atoms with Crippen LogP contribution in [0.3, 0.4) is 0 Å². The monoisotopic (exact) mass is 298 g/mol. The first-order chi connectivity index (χ1) is 10.1. The number of amides is 2. The normalized spacial score (nSPS) is 27.6. The molecule has 0 aromatic carbocycles. The maximum absolute atomic E-state index is 12.2. The second-order valence-electron chi connectivity index (χ2n) is 5.89. The third kappa shape index (κ3) is 4.66. The predicted octanol–water partition coefficient (Wildman–Crippen LogP) is -1.23. The average Bonchev–Trinajstić information content (AvgIpc) is 2.47. The van der Waals surface area contributed by atoms with E-state index in [0.29, 0.717) is 19.5 Å². The highest BCUT2D eigenvalue weighted by atomic mass is 16.5. The molecule has 0 radical (unpaired) electrons. The van der Waals surface area contributed by atoms with Crippen molar-refractivity contribution in [3.8, 4) is 0 Å². The van der Waals surface area contributed by atoms with Crippen molar-refractivity contribution in [3.63, 3.8) is 0 Å². The van der Waals surface area contributed by atoms with Crippen molar-refractivity contribution < 1.29 is 14.3 Å². The number of ether oxygens (including phenoxy) is 1. The number of piperidine rings is 1. The average molecular weight is 298 g/mol. The minimum absolute atomic E-state index is 0.0531. The summed E-state index contributed by atoms with van der Waals surface area (Å²) in [6.07, 6.45) is 2.68. The number of hydrogen-bond acceptors (Lipinski definition) is 5. The van der Waals surface area contributed by atoms with E-state index in [1.165, 1.54) is 0 Å². The van der Waals surface area contributed by atoms with E-state index in [9.17, 15) is 9.59 Å². The molecule has 0 bridgehead atoms. The Morgan fingerprint density at radius 2 is 2.14 bits per heavy atom. The number of primary amides is 1. The van der Waals surface area contributed by atoms with Gasteiger partial charge in [0, 0.05) is 26.2 Å². The Balaban J connectivity index is 1.74. The van der Waals surface area contributed by atoms with Gasteiger partial charge in [0.1, 0.15) is 6.04 Å². The van der Waals surface area contributed by atoms with Gasteiger partial charge in [0.2, 0.25) is 11.8 Å². The van der Waals surface area contributed by atoms with Gasteiger partial charge in [-0.25, -0.2) is 0 Å². The van der Waals surface area contributed by atoms with Crippen molar-refractivity contribution in [2.24, 2.45) is 5.73 Å². The third-order valence-corrected chi connectivity index (χ3v) is 4.14. The summed E-state index contributed by atoms with van der Waals surface area (Å²) in [6, 6.07) is -0.440. The van der Waals surface area contributed by atoms with Gasteiger partial charge in [-0.1, -0.05) is 0 Å². The van der Waals surface area contributed by atoms with Gasteiger partial charge >= 0.3 is 0 Å². The van der Waals surface area contributed by atoms with E-state index in [0.717, 1.165) is 32.5 Å². The molecule has 0 aromatic rings. The van der Waals surface area contributed by atoms with Crippen molar-refractivity contribution >= 4 is 11.8 Å². The molecule has 2 amide bonds. The van der Waals surface area contributed by atoms with Crippen molar-refractivity contribution in [3.05, 3.63) is 0 Å². The lowest BCUT2D eigenvalue weighted by atomic mass is 10.0. The zero-order valence-electron chi connectivity index (χ0n) is 12.7. The summed E-state index contributed by atoms with van der Waals surface area (Å²) in [7, 11) is 2.06. The van der Waals surface area contributed by atoms with Gasteiger partial charge in [-0.3, -0.25) is 9.59 Å². The largest absolute Gasteiger partial charge is 0.374 e. The maximum Gasteiger partial charge on any atom is 0.240 e. The number of rotatable bonds is 5. The molecule has 2 aliphatic rings. The van der Waals surface area contributed by atoms with Gasteiger partial charge in [0.15, 0.2) is 0 Å². The summed E-state index contributed by atoms with van der Waals surface area (Å²) in [5, 5.41) is 3.14. The minimum atomic E-state index is -0.440.